The van der Waals surface area contributed by atoms with E-state index in [1.54, 1.807) is 18.0 Å². The number of carbonyl (C=O) groups is 1. The molecule has 0 bridgehead atoms. The van der Waals surface area contributed by atoms with Crippen LogP contribution in [0.1, 0.15) is 6.42 Å². The molecule has 1 aromatic carbocycles. The van der Waals surface area contributed by atoms with Crippen LogP contribution in [-0.4, -0.2) is 70.8 Å². The lowest BCUT2D eigenvalue weighted by Gasteiger charge is -2.15. The predicted octanol–water partition coefficient (Wildman–Crippen LogP) is 1.62. The Bertz CT molecular complexity index is 1180. The van der Waals surface area contributed by atoms with Crippen LogP contribution < -0.4 is 10.1 Å². The van der Waals surface area contributed by atoms with E-state index >= 15 is 0 Å². The summed E-state index contributed by atoms with van der Waals surface area (Å²) in [5.74, 6) is 0.862. The third-order valence-corrected chi connectivity index (χ3v) is 6.70. The number of fused-ring (bicyclic) bond motifs is 1. The fourth-order valence-corrected chi connectivity index (χ4v) is 4.52. The molecular formula is C18H22N6O4S. The second-order valence-electron chi connectivity index (χ2n) is 7.14. The number of urea groups is 1. The minimum Gasteiger partial charge on any atom is -0.494 e. The summed E-state index contributed by atoms with van der Waals surface area (Å²) in [5.41, 5.74) is 3.03. The normalized spacial score (nSPS) is 17.1. The summed E-state index contributed by atoms with van der Waals surface area (Å²) in [6, 6.07) is 3.32. The standard InChI is InChI=1S/C18H22N6O4S/c1-23-9-11(8-19-23)13-4-5-14(28-2)16-15(13)20-17(21-16)22-18(25)24-7-6-12(10-24)29(3,26)27/h4-5,8-9,12H,6-7,10H2,1-3H3,(H2,20,21,22,25)/t12-/m0/s1. The van der Waals surface area contributed by atoms with Crippen molar-refractivity contribution < 1.29 is 17.9 Å². The minimum atomic E-state index is -3.18. The molecule has 0 unspecified atom stereocenters. The lowest BCUT2D eigenvalue weighted by atomic mass is 10.1. The number of rotatable bonds is 4. The number of benzene rings is 1. The third kappa shape index (κ3) is 3.65. The Morgan fingerprint density at radius 3 is 2.79 bits per heavy atom. The number of likely N-dealkylation sites (tertiary alicyclic amines) is 1. The Labute approximate surface area is 167 Å². The molecular weight excluding hydrogens is 396 g/mol. The van der Waals surface area contributed by atoms with E-state index in [4.69, 9.17) is 4.74 Å². The first-order chi connectivity index (χ1) is 13.8. The number of methoxy groups -OCH3 is 1. The first-order valence-electron chi connectivity index (χ1n) is 9.07. The Balaban J connectivity index is 1.63. The monoisotopic (exact) mass is 418 g/mol. The SMILES string of the molecule is COc1ccc(-c2cnn(C)c2)c2nc(NC(=O)N3CC[C@H](S(C)(=O)=O)C3)[nH]c12. The van der Waals surface area contributed by atoms with Gasteiger partial charge in [0.2, 0.25) is 5.95 Å². The van der Waals surface area contributed by atoms with Gasteiger partial charge in [-0.1, -0.05) is 0 Å². The number of ether oxygens (including phenoxy) is 1. The zero-order valence-electron chi connectivity index (χ0n) is 16.3. The molecule has 4 rings (SSSR count). The van der Waals surface area contributed by atoms with Crippen molar-refractivity contribution in [3.8, 4) is 16.9 Å². The van der Waals surface area contributed by atoms with Crippen molar-refractivity contribution in [2.75, 3.05) is 31.8 Å². The summed E-state index contributed by atoms with van der Waals surface area (Å²) >= 11 is 0. The van der Waals surface area contributed by atoms with Crippen LogP contribution >= 0.6 is 0 Å². The van der Waals surface area contributed by atoms with Gasteiger partial charge in [-0.05, 0) is 18.6 Å². The van der Waals surface area contributed by atoms with Gasteiger partial charge >= 0.3 is 6.03 Å². The maximum atomic E-state index is 12.6. The number of hydrogen-bond donors (Lipinski definition) is 2. The number of H-pyrrole nitrogens is 1. The molecule has 11 heteroatoms. The summed E-state index contributed by atoms with van der Waals surface area (Å²) in [4.78, 5) is 21.7. The molecule has 0 radical (unpaired) electrons. The van der Waals surface area contributed by atoms with E-state index in [1.807, 2.05) is 25.4 Å². The third-order valence-electron chi connectivity index (χ3n) is 5.11. The van der Waals surface area contributed by atoms with Crippen LogP contribution in [0.4, 0.5) is 10.7 Å². The van der Waals surface area contributed by atoms with Gasteiger partial charge in [0, 0.05) is 43.7 Å². The molecule has 29 heavy (non-hydrogen) atoms. The molecule has 1 atom stereocenters. The minimum absolute atomic E-state index is 0.176. The van der Waals surface area contributed by atoms with Crippen LogP contribution in [-0.2, 0) is 16.9 Å². The molecule has 0 saturated carbocycles. The van der Waals surface area contributed by atoms with Crippen molar-refractivity contribution in [2.24, 2.45) is 7.05 Å². The molecule has 3 aromatic rings. The van der Waals surface area contributed by atoms with E-state index in [0.29, 0.717) is 29.7 Å². The van der Waals surface area contributed by atoms with Crippen molar-refractivity contribution in [1.29, 1.82) is 0 Å². The maximum Gasteiger partial charge on any atom is 0.324 e. The van der Waals surface area contributed by atoms with Crippen molar-refractivity contribution in [3.05, 3.63) is 24.5 Å². The number of aromatic nitrogens is 4. The molecule has 154 valence electrons. The molecule has 2 N–H and O–H groups in total. The van der Waals surface area contributed by atoms with Gasteiger partial charge in [0.25, 0.3) is 0 Å². The Kier molecular flexibility index (Phi) is 4.69. The number of carbonyl (C=O) groups excluding carboxylic acids is 1. The lowest BCUT2D eigenvalue weighted by molar-refractivity contribution is 0.222. The van der Waals surface area contributed by atoms with E-state index < -0.39 is 21.1 Å². The largest absolute Gasteiger partial charge is 0.494 e. The van der Waals surface area contributed by atoms with Crippen LogP contribution in [0, 0.1) is 0 Å². The highest BCUT2D eigenvalue weighted by Crippen LogP contribution is 2.33. The van der Waals surface area contributed by atoms with Gasteiger partial charge in [0.1, 0.15) is 16.8 Å². The second-order valence-corrected chi connectivity index (χ2v) is 9.47. The maximum absolute atomic E-state index is 12.6. The second kappa shape index (κ2) is 7.07. The Hall–Kier alpha value is -3.08. The predicted molar refractivity (Wildman–Crippen MR) is 109 cm³/mol. The van der Waals surface area contributed by atoms with Crippen molar-refractivity contribution in [2.45, 2.75) is 11.7 Å². The summed E-state index contributed by atoms with van der Waals surface area (Å²) in [7, 11) is 0.221. The van der Waals surface area contributed by atoms with Crippen molar-refractivity contribution >= 4 is 32.9 Å². The first-order valence-corrected chi connectivity index (χ1v) is 11.0. The first kappa shape index (κ1) is 19.2. The number of sulfone groups is 1. The zero-order chi connectivity index (χ0) is 20.8. The van der Waals surface area contributed by atoms with Gasteiger partial charge in [-0.2, -0.15) is 5.10 Å². The zero-order valence-corrected chi connectivity index (χ0v) is 17.2. The molecule has 3 heterocycles. The summed E-state index contributed by atoms with van der Waals surface area (Å²) in [5, 5.41) is 6.40. The molecule has 1 fully saturated rings. The van der Waals surface area contributed by atoms with E-state index in [1.165, 1.54) is 11.2 Å². The van der Waals surface area contributed by atoms with Gasteiger partial charge in [-0.25, -0.2) is 18.2 Å². The fraction of sp³-hybridized carbons (Fsp3) is 0.389. The van der Waals surface area contributed by atoms with E-state index in [0.717, 1.165) is 11.1 Å². The lowest BCUT2D eigenvalue weighted by Crippen LogP contribution is -2.35. The highest BCUT2D eigenvalue weighted by Gasteiger charge is 2.33. The molecule has 1 saturated heterocycles. The van der Waals surface area contributed by atoms with Gasteiger partial charge < -0.3 is 14.6 Å². The molecule has 1 aliphatic heterocycles. The highest BCUT2D eigenvalue weighted by molar-refractivity contribution is 7.91. The Morgan fingerprint density at radius 1 is 1.38 bits per heavy atom. The number of hydrogen-bond acceptors (Lipinski definition) is 6. The van der Waals surface area contributed by atoms with Crippen LogP contribution in [0.25, 0.3) is 22.2 Å². The molecule has 2 aromatic heterocycles. The van der Waals surface area contributed by atoms with E-state index in [9.17, 15) is 13.2 Å². The number of aromatic amines is 1. The number of amides is 2. The number of aryl methyl sites for hydroxylation is 1. The smallest absolute Gasteiger partial charge is 0.324 e. The van der Waals surface area contributed by atoms with Crippen LogP contribution in [0.5, 0.6) is 5.75 Å². The molecule has 0 aliphatic carbocycles. The van der Waals surface area contributed by atoms with Gasteiger partial charge in [-0.3, -0.25) is 10.00 Å². The number of anilines is 1. The molecule has 2 amide bonds. The average Bonchev–Trinajstić information content (AvgIpc) is 3.39. The van der Waals surface area contributed by atoms with Crippen LogP contribution in [0.2, 0.25) is 0 Å². The van der Waals surface area contributed by atoms with Crippen molar-refractivity contribution in [1.82, 2.24) is 24.6 Å². The molecule has 0 spiro atoms. The van der Waals surface area contributed by atoms with E-state index in [2.05, 4.69) is 20.4 Å². The van der Waals surface area contributed by atoms with Gasteiger partial charge in [-0.15, -0.1) is 0 Å². The Morgan fingerprint density at radius 2 is 2.17 bits per heavy atom. The van der Waals surface area contributed by atoms with Crippen LogP contribution in [0.15, 0.2) is 24.5 Å². The molecule has 1 aliphatic rings. The topological polar surface area (TPSA) is 122 Å². The number of imidazole rings is 1. The average molecular weight is 418 g/mol. The summed E-state index contributed by atoms with van der Waals surface area (Å²) in [6.45, 7) is 0.559. The molecule has 10 nitrogen and oxygen atoms in total. The quantitative estimate of drug-likeness (QED) is 0.664. The number of nitrogens with zero attached hydrogens (tertiary/aromatic N) is 4. The van der Waals surface area contributed by atoms with E-state index in [-0.39, 0.29) is 12.5 Å². The highest BCUT2D eigenvalue weighted by atomic mass is 32.2. The van der Waals surface area contributed by atoms with Crippen LogP contribution in [0.3, 0.4) is 0 Å². The number of nitrogens with one attached hydrogen (secondary N) is 2. The summed E-state index contributed by atoms with van der Waals surface area (Å²) < 4.78 is 30.6. The van der Waals surface area contributed by atoms with Gasteiger partial charge in [0.05, 0.1) is 18.6 Å². The van der Waals surface area contributed by atoms with Gasteiger partial charge in [0.15, 0.2) is 9.84 Å². The summed E-state index contributed by atoms with van der Waals surface area (Å²) in [6.07, 6.45) is 5.25. The van der Waals surface area contributed by atoms with Crippen molar-refractivity contribution in [3.63, 3.8) is 0 Å². The fourth-order valence-electron chi connectivity index (χ4n) is 3.53.